The molecule has 6 heteroatoms. The summed E-state index contributed by atoms with van der Waals surface area (Å²) in [5, 5.41) is 2.70. The second kappa shape index (κ2) is 5.81. The van der Waals surface area contributed by atoms with E-state index in [1.807, 2.05) is 6.92 Å². The number of rotatable bonds is 4. The zero-order valence-corrected chi connectivity index (χ0v) is 16.5. The molecule has 0 radical (unpaired) electrons. The van der Waals surface area contributed by atoms with Gasteiger partial charge in [0.05, 0.1) is 4.90 Å². The predicted molar refractivity (Wildman–Crippen MR) is 98.8 cm³/mol. The molecule has 138 valence electrons. The van der Waals surface area contributed by atoms with E-state index in [0.717, 1.165) is 18.4 Å². The number of carbonyl (C=O) groups is 1. The first-order valence-corrected chi connectivity index (χ1v) is 10.3. The second-order valence-corrected chi connectivity index (χ2v) is 10.3. The Morgan fingerprint density at radius 2 is 1.92 bits per heavy atom. The number of hydrogen-bond donors (Lipinski definition) is 2. The largest absolute Gasteiger partial charge is 0.326 e. The number of amides is 1. The van der Waals surface area contributed by atoms with Gasteiger partial charge in [-0.3, -0.25) is 4.79 Å². The quantitative estimate of drug-likeness (QED) is 0.859. The number of fused-ring (bicyclic) bond motifs is 2. The Bertz CT molecular complexity index is 811. The first kappa shape index (κ1) is 18.4. The van der Waals surface area contributed by atoms with E-state index in [0.29, 0.717) is 11.6 Å². The topological polar surface area (TPSA) is 75.3 Å². The molecule has 1 amide bonds. The van der Waals surface area contributed by atoms with E-state index >= 15 is 0 Å². The summed E-state index contributed by atoms with van der Waals surface area (Å²) in [6.07, 6.45) is 3.33. The molecule has 3 rings (SSSR count). The highest BCUT2D eigenvalue weighted by Crippen LogP contribution is 2.62. The molecule has 0 unspecified atom stereocenters. The van der Waals surface area contributed by atoms with Gasteiger partial charge < -0.3 is 5.32 Å². The van der Waals surface area contributed by atoms with Gasteiger partial charge in [0, 0.05) is 18.7 Å². The summed E-state index contributed by atoms with van der Waals surface area (Å²) in [5.41, 5.74) is 1.34. The maximum Gasteiger partial charge on any atom is 0.240 e. The van der Waals surface area contributed by atoms with Crippen LogP contribution >= 0.6 is 0 Å². The highest BCUT2D eigenvalue weighted by Gasteiger charge is 2.60. The zero-order chi connectivity index (χ0) is 18.6. The molecule has 2 saturated carbocycles. The maximum absolute atomic E-state index is 13.0. The first-order chi connectivity index (χ1) is 11.5. The number of sulfonamides is 1. The van der Waals surface area contributed by atoms with E-state index in [4.69, 9.17) is 0 Å². The van der Waals surface area contributed by atoms with E-state index in [9.17, 15) is 13.2 Å². The van der Waals surface area contributed by atoms with E-state index in [-0.39, 0.29) is 27.7 Å². The molecule has 0 spiro atoms. The Morgan fingerprint density at radius 1 is 1.24 bits per heavy atom. The SMILES string of the molecule is CC(=O)Nc1cc(S(=O)(=O)N[C@H]2C(C)(C)[C@H]3CC[C@@]2(C)C3)ccc1C. The molecule has 1 aromatic carbocycles. The number of carbonyl (C=O) groups excluding carboxylic acids is 1. The van der Waals surface area contributed by atoms with Crippen LogP contribution in [0.3, 0.4) is 0 Å². The number of anilines is 1. The molecule has 1 aromatic rings. The smallest absolute Gasteiger partial charge is 0.240 e. The molecule has 0 heterocycles. The summed E-state index contributed by atoms with van der Waals surface area (Å²) >= 11 is 0. The molecular weight excluding hydrogens is 336 g/mol. The third kappa shape index (κ3) is 3.10. The van der Waals surface area contributed by atoms with Crippen molar-refractivity contribution in [1.82, 2.24) is 4.72 Å². The summed E-state index contributed by atoms with van der Waals surface area (Å²) in [6, 6.07) is 4.80. The number of hydrogen-bond acceptors (Lipinski definition) is 3. The Morgan fingerprint density at radius 3 is 2.48 bits per heavy atom. The molecule has 2 fully saturated rings. The van der Waals surface area contributed by atoms with Crippen molar-refractivity contribution in [2.75, 3.05) is 5.32 Å². The van der Waals surface area contributed by atoms with Gasteiger partial charge in [0.25, 0.3) is 0 Å². The first-order valence-electron chi connectivity index (χ1n) is 8.86. The highest BCUT2D eigenvalue weighted by atomic mass is 32.2. The monoisotopic (exact) mass is 364 g/mol. The van der Waals surface area contributed by atoms with Crippen molar-refractivity contribution in [3.63, 3.8) is 0 Å². The molecule has 2 aliphatic rings. The van der Waals surface area contributed by atoms with Gasteiger partial charge >= 0.3 is 0 Å². The van der Waals surface area contributed by atoms with E-state index in [1.54, 1.807) is 18.2 Å². The predicted octanol–water partition coefficient (Wildman–Crippen LogP) is 3.45. The van der Waals surface area contributed by atoms with Gasteiger partial charge in [0.2, 0.25) is 15.9 Å². The van der Waals surface area contributed by atoms with Gasteiger partial charge in [-0.15, -0.1) is 0 Å². The van der Waals surface area contributed by atoms with E-state index in [2.05, 4.69) is 30.8 Å². The Balaban J connectivity index is 1.91. The van der Waals surface area contributed by atoms with Crippen molar-refractivity contribution in [3.8, 4) is 0 Å². The van der Waals surface area contributed by atoms with Crippen molar-refractivity contribution < 1.29 is 13.2 Å². The summed E-state index contributed by atoms with van der Waals surface area (Å²) in [5.74, 6) is 0.352. The molecule has 0 saturated heterocycles. The molecule has 0 aliphatic heterocycles. The van der Waals surface area contributed by atoms with Crippen LogP contribution in [0.25, 0.3) is 0 Å². The van der Waals surface area contributed by atoms with Gasteiger partial charge in [-0.1, -0.05) is 26.8 Å². The standard InChI is InChI=1S/C19H28N2O3S/c1-12-6-7-15(10-16(12)20-13(2)22)25(23,24)21-17-18(3,4)14-8-9-19(17,5)11-14/h6-7,10,14,17,21H,8-9,11H2,1-5H3,(H,20,22)/t14-,17-,19-/m0/s1. The maximum atomic E-state index is 13.0. The van der Waals surface area contributed by atoms with Crippen LogP contribution in [0.4, 0.5) is 5.69 Å². The molecule has 25 heavy (non-hydrogen) atoms. The van der Waals surface area contributed by atoms with Crippen LogP contribution in [-0.2, 0) is 14.8 Å². The zero-order valence-electron chi connectivity index (χ0n) is 15.6. The lowest BCUT2D eigenvalue weighted by molar-refractivity contribution is -0.114. The van der Waals surface area contributed by atoms with Crippen LogP contribution in [-0.4, -0.2) is 20.4 Å². The van der Waals surface area contributed by atoms with Crippen LogP contribution in [0.2, 0.25) is 0 Å². The lowest BCUT2D eigenvalue weighted by Crippen LogP contribution is -2.52. The average molecular weight is 365 g/mol. The molecule has 3 atom stereocenters. The summed E-state index contributed by atoms with van der Waals surface area (Å²) in [4.78, 5) is 11.5. The van der Waals surface area contributed by atoms with E-state index in [1.165, 1.54) is 13.3 Å². The number of benzene rings is 1. The second-order valence-electron chi connectivity index (χ2n) is 8.63. The van der Waals surface area contributed by atoms with Crippen molar-refractivity contribution >= 4 is 21.6 Å². The summed E-state index contributed by atoms with van der Waals surface area (Å²) in [7, 11) is -3.65. The lowest BCUT2D eigenvalue weighted by atomic mass is 9.69. The minimum absolute atomic E-state index is 0.0202. The van der Waals surface area contributed by atoms with Gasteiger partial charge in [-0.25, -0.2) is 13.1 Å². The normalized spacial score (nSPS) is 30.4. The minimum Gasteiger partial charge on any atom is -0.326 e. The fourth-order valence-electron chi connectivity index (χ4n) is 4.91. The van der Waals surface area contributed by atoms with Crippen LogP contribution in [0.1, 0.15) is 52.5 Å². The van der Waals surface area contributed by atoms with Crippen LogP contribution in [0, 0.1) is 23.7 Å². The third-order valence-corrected chi connectivity index (χ3v) is 7.79. The fourth-order valence-corrected chi connectivity index (χ4v) is 6.47. The summed E-state index contributed by atoms with van der Waals surface area (Å²) in [6.45, 7) is 9.81. The Labute approximate surface area is 150 Å². The third-order valence-electron chi connectivity index (χ3n) is 6.37. The highest BCUT2D eigenvalue weighted by molar-refractivity contribution is 7.89. The van der Waals surface area contributed by atoms with Gasteiger partial charge in [-0.2, -0.15) is 0 Å². The molecule has 0 aromatic heterocycles. The molecule has 5 nitrogen and oxygen atoms in total. The van der Waals surface area contributed by atoms with Gasteiger partial charge in [-0.05, 0) is 60.6 Å². The lowest BCUT2D eigenvalue weighted by Gasteiger charge is -2.42. The van der Waals surface area contributed by atoms with E-state index < -0.39 is 10.0 Å². The van der Waals surface area contributed by atoms with Crippen LogP contribution < -0.4 is 10.0 Å². The number of aryl methyl sites for hydroxylation is 1. The van der Waals surface area contributed by atoms with Crippen LogP contribution in [0.15, 0.2) is 23.1 Å². The summed E-state index contributed by atoms with van der Waals surface area (Å²) < 4.78 is 29.0. The van der Waals surface area contributed by atoms with Crippen LogP contribution in [0.5, 0.6) is 0 Å². The molecule has 2 bridgehead atoms. The Kier molecular flexibility index (Phi) is 4.27. The Hall–Kier alpha value is -1.40. The molecular formula is C19H28N2O3S. The van der Waals surface area contributed by atoms with Crippen molar-refractivity contribution in [2.24, 2.45) is 16.7 Å². The fraction of sp³-hybridized carbons (Fsp3) is 0.632. The van der Waals surface area contributed by atoms with Gasteiger partial charge in [0.1, 0.15) is 0 Å². The van der Waals surface area contributed by atoms with Crippen molar-refractivity contribution in [1.29, 1.82) is 0 Å². The average Bonchev–Trinajstić information content (AvgIpc) is 2.96. The number of nitrogens with one attached hydrogen (secondary N) is 2. The molecule has 2 aliphatic carbocycles. The molecule has 2 N–H and O–H groups in total. The van der Waals surface area contributed by atoms with Gasteiger partial charge in [0.15, 0.2) is 0 Å². The van der Waals surface area contributed by atoms with Crippen molar-refractivity contribution in [3.05, 3.63) is 23.8 Å². The van der Waals surface area contributed by atoms with Crippen molar-refractivity contribution in [2.45, 2.75) is 64.8 Å². The minimum atomic E-state index is -3.65.